The van der Waals surface area contributed by atoms with Crippen molar-refractivity contribution in [3.05, 3.63) is 54.5 Å². The number of benzene rings is 1. The van der Waals surface area contributed by atoms with Crippen molar-refractivity contribution in [2.75, 3.05) is 19.7 Å². The molecular formula is C18H22N2O4. The highest BCUT2D eigenvalue weighted by Crippen LogP contribution is 2.08. The molecule has 128 valence electrons. The number of carbonyl (C=O) groups is 2. The fourth-order valence-electron chi connectivity index (χ4n) is 2.14. The molecule has 24 heavy (non-hydrogen) atoms. The number of nitrogens with zero attached hydrogens (tertiary/aromatic N) is 1. The first-order valence-electron chi connectivity index (χ1n) is 7.87. The number of ether oxygens (including phenoxy) is 1. The second-order valence-corrected chi connectivity index (χ2v) is 5.28. The SMILES string of the molecule is CC(=O)N(CCNC(=O)CCOc1ccccc1)Cc1ccco1. The maximum absolute atomic E-state index is 11.8. The topological polar surface area (TPSA) is 71.8 Å². The molecule has 0 atom stereocenters. The molecule has 0 fully saturated rings. The van der Waals surface area contributed by atoms with Gasteiger partial charge in [-0.1, -0.05) is 18.2 Å². The molecule has 0 bridgehead atoms. The number of nitrogens with one attached hydrogen (secondary N) is 1. The van der Waals surface area contributed by atoms with Crippen LogP contribution in [0.25, 0.3) is 0 Å². The highest BCUT2D eigenvalue weighted by Gasteiger charge is 2.11. The van der Waals surface area contributed by atoms with Crippen molar-refractivity contribution >= 4 is 11.8 Å². The minimum Gasteiger partial charge on any atom is -0.493 e. The summed E-state index contributed by atoms with van der Waals surface area (Å²) in [5.74, 6) is 1.29. The average Bonchev–Trinajstić information content (AvgIpc) is 3.08. The molecular weight excluding hydrogens is 308 g/mol. The van der Waals surface area contributed by atoms with Crippen molar-refractivity contribution in [1.82, 2.24) is 10.2 Å². The molecule has 0 saturated heterocycles. The quantitative estimate of drug-likeness (QED) is 0.765. The maximum atomic E-state index is 11.8. The molecule has 2 rings (SSSR count). The lowest BCUT2D eigenvalue weighted by atomic mass is 10.3. The van der Waals surface area contributed by atoms with Gasteiger partial charge >= 0.3 is 0 Å². The first-order valence-corrected chi connectivity index (χ1v) is 7.87. The Morgan fingerprint density at radius 3 is 2.62 bits per heavy atom. The number of hydrogen-bond donors (Lipinski definition) is 1. The van der Waals surface area contributed by atoms with E-state index in [0.29, 0.717) is 32.0 Å². The van der Waals surface area contributed by atoms with Crippen LogP contribution in [0, 0.1) is 0 Å². The minimum absolute atomic E-state index is 0.0620. The highest BCUT2D eigenvalue weighted by molar-refractivity contribution is 5.76. The molecule has 1 aromatic heterocycles. The van der Waals surface area contributed by atoms with Gasteiger partial charge in [0, 0.05) is 20.0 Å². The molecule has 1 N–H and O–H groups in total. The lowest BCUT2D eigenvalue weighted by molar-refractivity contribution is -0.130. The van der Waals surface area contributed by atoms with Gasteiger partial charge in [-0.05, 0) is 24.3 Å². The van der Waals surface area contributed by atoms with Crippen LogP contribution in [0.5, 0.6) is 5.75 Å². The summed E-state index contributed by atoms with van der Waals surface area (Å²) in [7, 11) is 0. The van der Waals surface area contributed by atoms with E-state index in [2.05, 4.69) is 5.32 Å². The van der Waals surface area contributed by atoms with Gasteiger partial charge in [-0.2, -0.15) is 0 Å². The van der Waals surface area contributed by atoms with Crippen LogP contribution in [-0.2, 0) is 16.1 Å². The second-order valence-electron chi connectivity index (χ2n) is 5.28. The van der Waals surface area contributed by atoms with Crippen molar-refractivity contribution in [2.24, 2.45) is 0 Å². The van der Waals surface area contributed by atoms with Crippen molar-refractivity contribution in [3.8, 4) is 5.75 Å². The van der Waals surface area contributed by atoms with E-state index in [0.717, 1.165) is 5.75 Å². The van der Waals surface area contributed by atoms with E-state index in [4.69, 9.17) is 9.15 Å². The summed E-state index contributed by atoms with van der Waals surface area (Å²) in [5.41, 5.74) is 0. The Morgan fingerprint density at radius 1 is 1.17 bits per heavy atom. The van der Waals surface area contributed by atoms with Crippen molar-refractivity contribution in [1.29, 1.82) is 0 Å². The first kappa shape index (κ1) is 17.6. The van der Waals surface area contributed by atoms with E-state index in [1.807, 2.05) is 36.4 Å². The number of rotatable bonds is 9. The van der Waals surface area contributed by atoms with Gasteiger partial charge in [-0.15, -0.1) is 0 Å². The molecule has 2 amide bonds. The zero-order valence-electron chi connectivity index (χ0n) is 13.7. The monoisotopic (exact) mass is 330 g/mol. The van der Waals surface area contributed by atoms with Crippen LogP contribution in [0.4, 0.5) is 0 Å². The van der Waals surface area contributed by atoms with Gasteiger partial charge in [0.05, 0.1) is 25.8 Å². The molecule has 0 aliphatic heterocycles. The molecule has 0 aliphatic carbocycles. The molecule has 0 unspecified atom stereocenters. The Kier molecular flexibility index (Phi) is 6.89. The molecule has 6 nitrogen and oxygen atoms in total. The number of furan rings is 1. The van der Waals surface area contributed by atoms with Crippen molar-refractivity contribution < 1.29 is 18.7 Å². The molecule has 0 spiro atoms. The summed E-state index contributed by atoms with van der Waals surface area (Å²) in [6, 6.07) is 12.9. The molecule has 0 aliphatic rings. The smallest absolute Gasteiger partial charge is 0.223 e. The van der Waals surface area contributed by atoms with Gasteiger partial charge in [0.25, 0.3) is 0 Å². The normalized spacial score (nSPS) is 10.2. The molecule has 0 saturated carbocycles. The number of carbonyl (C=O) groups excluding carboxylic acids is 2. The van der Waals surface area contributed by atoms with E-state index >= 15 is 0 Å². The number of amides is 2. The minimum atomic E-state index is -0.104. The highest BCUT2D eigenvalue weighted by atomic mass is 16.5. The van der Waals surface area contributed by atoms with Crippen LogP contribution in [-0.4, -0.2) is 36.4 Å². The van der Waals surface area contributed by atoms with Crippen LogP contribution < -0.4 is 10.1 Å². The summed E-state index contributed by atoms with van der Waals surface area (Å²) in [6.45, 7) is 3.04. The van der Waals surface area contributed by atoms with Crippen LogP contribution in [0.15, 0.2) is 53.1 Å². The zero-order valence-corrected chi connectivity index (χ0v) is 13.7. The fraction of sp³-hybridized carbons (Fsp3) is 0.333. The Morgan fingerprint density at radius 2 is 1.96 bits per heavy atom. The summed E-state index contributed by atoms with van der Waals surface area (Å²) in [6.07, 6.45) is 1.84. The van der Waals surface area contributed by atoms with E-state index < -0.39 is 0 Å². The number of para-hydroxylation sites is 1. The third-order valence-corrected chi connectivity index (χ3v) is 3.42. The maximum Gasteiger partial charge on any atom is 0.223 e. The van der Waals surface area contributed by atoms with Gasteiger partial charge < -0.3 is 19.4 Å². The van der Waals surface area contributed by atoms with Gasteiger partial charge in [-0.25, -0.2) is 0 Å². The van der Waals surface area contributed by atoms with Crippen molar-refractivity contribution in [3.63, 3.8) is 0 Å². The molecule has 0 radical (unpaired) electrons. The molecule has 6 heteroatoms. The van der Waals surface area contributed by atoms with E-state index in [1.54, 1.807) is 17.2 Å². The molecule has 1 heterocycles. The third kappa shape index (κ3) is 6.16. The summed E-state index contributed by atoms with van der Waals surface area (Å²) < 4.78 is 10.7. The van der Waals surface area contributed by atoms with Crippen LogP contribution in [0.1, 0.15) is 19.1 Å². The third-order valence-electron chi connectivity index (χ3n) is 3.42. The standard InChI is InChI=1S/C18H22N2O4/c1-15(21)20(14-17-8-5-12-23-17)11-10-19-18(22)9-13-24-16-6-3-2-4-7-16/h2-8,12H,9-11,13-14H2,1H3,(H,19,22). The Labute approximate surface area is 141 Å². The first-order chi connectivity index (χ1) is 11.6. The van der Waals surface area contributed by atoms with E-state index in [1.165, 1.54) is 6.92 Å². The fourth-order valence-corrected chi connectivity index (χ4v) is 2.14. The van der Waals surface area contributed by atoms with Gasteiger partial charge in [0.1, 0.15) is 11.5 Å². The molecule has 1 aromatic carbocycles. The van der Waals surface area contributed by atoms with Crippen LogP contribution in [0.3, 0.4) is 0 Å². The van der Waals surface area contributed by atoms with E-state index in [-0.39, 0.29) is 18.2 Å². The van der Waals surface area contributed by atoms with Crippen LogP contribution in [0.2, 0.25) is 0 Å². The van der Waals surface area contributed by atoms with E-state index in [9.17, 15) is 9.59 Å². The van der Waals surface area contributed by atoms with Gasteiger partial charge in [-0.3, -0.25) is 9.59 Å². The largest absolute Gasteiger partial charge is 0.493 e. The summed E-state index contributed by atoms with van der Waals surface area (Å²) in [5, 5.41) is 2.79. The van der Waals surface area contributed by atoms with Gasteiger partial charge in [0.2, 0.25) is 11.8 Å². The van der Waals surface area contributed by atoms with Gasteiger partial charge in [0.15, 0.2) is 0 Å². The molecule has 2 aromatic rings. The van der Waals surface area contributed by atoms with Crippen LogP contribution >= 0.6 is 0 Å². The average molecular weight is 330 g/mol. The Bertz CT molecular complexity index is 626. The van der Waals surface area contributed by atoms with Crippen molar-refractivity contribution in [2.45, 2.75) is 19.9 Å². The predicted molar refractivity (Wildman–Crippen MR) is 89.4 cm³/mol. The Hall–Kier alpha value is -2.76. The lowest BCUT2D eigenvalue weighted by Gasteiger charge is -2.20. The lowest BCUT2D eigenvalue weighted by Crippen LogP contribution is -2.37. The summed E-state index contributed by atoms with van der Waals surface area (Å²) in [4.78, 5) is 25.0. The second kappa shape index (κ2) is 9.39. The summed E-state index contributed by atoms with van der Waals surface area (Å²) >= 11 is 0. The number of hydrogen-bond acceptors (Lipinski definition) is 4. The predicted octanol–water partition coefficient (Wildman–Crippen LogP) is 2.21. The Balaban J connectivity index is 1.64. The zero-order chi connectivity index (χ0) is 17.2.